The van der Waals surface area contributed by atoms with Crippen LogP contribution in [0.3, 0.4) is 0 Å². The van der Waals surface area contributed by atoms with Gasteiger partial charge < -0.3 is 20.2 Å². The van der Waals surface area contributed by atoms with Crippen molar-refractivity contribution in [2.75, 3.05) is 13.6 Å². The minimum Gasteiger partial charge on any atom is -0.467 e. The Kier molecular flexibility index (Phi) is 3.72. The van der Waals surface area contributed by atoms with Crippen molar-refractivity contribution in [3.63, 3.8) is 0 Å². The minimum absolute atomic E-state index is 0.340. The van der Waals surface area contributed by atoms with Gasteiger partial charge in [0.2, 0.25) is 0 Å². The molecule has 0 saturated heterocycles. The van der Waals surface area contributed by atoms with Crippen molar-refractivity contribution < 1.29 is 9.52 Å². The van der Waals surface area contributed by atoms with E-state index in [0.717, 1.165) is 0 Å². The van der Waals surface area contributed by atoms with E-state index in [0.29, 0.717) is 17.4 Å². The second-order valence-corrected chi connectivity index (χ2v) is 2.90. The van der Waals surface area contributed by atoms with Gasteiger partial charge in [0.25, 0.3) is 0 Å². The summed E-state index contributed by atoms with van der Waals surface area (Å²) in [5.41, 5.74) is 0. The summed E-state index contributed by atoms with van der Waals surface area (Å²) in [6.07, 6.45) is 0.857. The lowest BCUT2D eigenvalue weighted by Gasteiger charge is -2.10. The van der Waals surface area contributed by atoms with Gasteiger partial charge in [-0.1, -0.05) is 0 Å². The van der Waals surface area contributed by atoms with Crippen molar-refractivity contribution in [1.82, 2.24) is 10.6 Å². The average molecular weight is 200 g/mol. The summed E-state index contributed by atoms with van der Waals surface area (Å²) >= 11 is 4.84. The number of aliphatic hydroxyl groups is 1. The van der Waals surface area contributed by atoms with Gasteiger partial charge in [-0.2, -0.15) is 0 Å². The first-order valence-corrected chi connectivity index (χ1v) is 4.32. The highest BCUT2D eigenvalue weighted by Crippen LogP contribution is 2.11. The summed E-state index contributed by atoms with van der Waals surface area (Å²) < 4.78 is 5.01. The van der Waals surface area contributed by atoms with E-state index >= 15 is 0 Å². The van der Waals surface area contributed by atoms with Crippen molar-refractivity contribution in [2.45, 2.75) is 6.10 Å². The SMILES string of the molecule is CNC(=S)NCC(O)c1ccco1. The van der Waals surface area contributed by atoms with Crippen molar-refractivity contribution in [3.8, 4) is 0 Å². The van der Waals surface area contributed by atoms with Crippen LogP contribution in [-0.2, 0) is 0 Å². The monoisotopic (exact) mass is 200 g/mol. The zero-order chi connectivity index (χ0) is 9.68. The molecule has 0 aliphatic carbocycles. The lowest BCUT2D eigenvalue weighted by Crippen LogP contribution is -2.35. The highest BCUT2D eigenvalue weighted by atomic mass is 32.1. The van der Waals surface area contributed by atoms with Gasteiger partial charge in [-0.3, -0.25) is 0 Å². The second-order valence-electron chi connectivity index (χ2n) is 2.49. The van der Waals surface area contributed by atoms with Gasteiger partial charge in [0.15, 0.2) is 5.11 Å². The quantitative estimate of drug-likeness (QED) is 0.617. The lowest BCUT2D eigenvalue weighted by atomic mass is 10.3. The summed E-state index contributed by atoms with van der Waals surface area (Å²) in [4.78, 5) is 0. The Labute approximate surface area is 81.9 Å². The number of thiocarbonyl (C=S) groups is 1. The minimum atomic E-state index is -0.665. The first kappa shape index (κ1) is 10.0. The lowest BCUT2D eigenvalue weighted by molar-refractivity contribution is 0.153. The molecule has 0 bridgehead atoms. The molecular formula is C8H12N2O2S. The summed E-state index contributed by atoms with van der Waals surface area (Å²) in [6, 6.07) is 3.45. The fraction of sp³-hybridized carbons (Fsp3) is 0.375. The van der Waals surface area contributed by atoms with Crippen molar-refractivity contribution >= 4 is 17.3 Å². The number of furan rings is 1. The van der Waals surface area contributed by atoms with E-state index in [2.05, 4.69) is 10.6 Å². The van der Waals surface area contributed by atoms with E-state index < -0.39 is 6.10 Å². The number of aliphatic hydroxyl groups excluding tert-OH is 1. The van der Waals surface area contributed by atoms with Gasteiger partial charge in [0, 0.05) is 7.05 Å². The fourth-order valence-corrected chi connectivity index (χ4v) is 0.943. The molecule has 1 aromatic heterocycles. The summed E-state index contributed by atoms with van der Waals surface area (Å²) in [5.74, 6) is 0.534. The summed E-state index contributed by atoms with van der Waals surface area (Å²) in [6.45, 7) is 0.340. The van der Waals surface area contributed by atoms with E-state index in [-0.39, 0.29) is 0 Å². The first-order chi connectivity index (χ1) is 6.24. The van der Waals surface area contributed by atoms with E-state index in [9.17, 15) is 5.11 Å². The third-order valence-corrected chi connectivity index (χ3v) is 1.90. The molecule has 13 heavy (non-hydrogen) atoms. The molecule has 0 radical (unpaired) electrons. The molecular weight excluding hydrogens is 188 g/mol. The summed E-state index contributed by atoms with van der Waals surface area (Å²) in [5, 5.41) is 15.6. The van der Waals surface area contributed by atoms with Gasteiger partial charge in [-0.05, 0) is 24.4 Å². The molecule has 0 aliphatic rings. The Hall–Kier alpha value is -1.07. The van der Waals surface area contributed by atoms with Crippen molar-refractivity contribution in [1.29, 1.82) is 0 Å². The van der Waals surface area contributed by atoms with E-state index in [1.165, 1.54) is 6.26 Å². The zero-order valence-corrected chi connectivity index (χ0v) is 8.10. The Balaban J connectivity index is 2.34. The maximum absolute atomic E-state index is 9.51. The molecule has 1 unspecified atom stereocenters. The molecule has 0 saturated carbocycles. The van der Waals surface area contributed by atoms with Crippen LogP contribution in [0, 0.1) is 0 Å². The maximum Gasteiger partial charge on any atom is 0.166 e. The molecule has 0 aliphatic heterocycles. The Morgan fingerprint density at radius 2 is 2.54 bits per heavy atom. The predicted octanol–water partition coefficient (Wildman–Crippen LogP) is 0.407. The van der Waals surface area contributed by atoms with Crippen LogP contribution in [0.4, 0.5) is 0 Å². The molecule has 1 heterocycles. The second kappa shape index (κ2) is 4.84. The van der Waals surface area contributed by atoms with Crippen LogP contribution >= 0.6 is 12.2 Å². The third-order valence-electron chi connectivity index (χ3n) is 1.55. The van der Waals surface area contributed by atoms with E-state index in [4.69, 9.17) is 16.6 Å². The third kappa shape index (κ3) is 3.04. The number of hydrogen-bond acceptors (Lipinski definition) is 3. The van der Waals surface area contributed by atoms with Crippen LogP contribution in [0.15, 0.2) is 22.8 Å². The standard InChI is InChI=1S/C8H12N2O2S/c1-9-8(13)10-5-6(11)7-3-2-4-12-7/h2-4,6,11H,5H2,1H3,(H2,9,10,13). The van der Waals surface area contributed by atoms with Gasteiger partial charge in [-0.15, -0.1) is 0 Å². The van der Waals surface area contributed by atoms with Gasteiger partial charge >= 0.3 is 0 Å². The molecule has 3 N–H and O–H groups in total. The highest BCUT2D eigenvalue weighted by molar-refractivity contribution is 7.80. The van der Waals surface area contributed by atoms with Crippen LogP contribution < -0.4 is 10.6 Å². The van der Waals surface area contributed by atoms with Gasteiger partial charge in [-0.25, -0.2) is 0 Å². The maximum atomic E-state index is 9.51. The Morgan fingerprint density at radius 1 is 1.77 bits per heavy atom. The van der Waals surface area contributed by atoms with Crippen LogP contribution in [0.25, 0.3) is 0 Å². The zero-order valence-electron chi connectivity index (χ0n) is 7.28. The summed E-state index contributed by atoms with van der Waals surface area (Å²) in [7, 11) is 1.72. The Morgan fingerprint density at radius 3 is 3.08 bits per heavy atom. The molecule has 1 atom stereocenters. The topological polar surface area (TPSA) is 57.4 Å². The molecule has 4 nitrogen and oxygen atoms in total. The van der Waals surface area contributed by atoms with Crippen LogP contribution in [0.1, 0.15) is 11.9 Å². The van der Waals surface area contributed by atoms with Gasteiger partial charge in [0.1, 0.15) is 11.9 Å². The normalized spacial score (nSPS) is 12.2. The fourth-order valence-electron chi connectivity index (χ4n) is 0.859. The van der Waals surface area contributed by atoms with Crippen LogP contribution in [0.2, 0.25) is 0 Å². The predicted molar refractivity (Wildman–Crippen MR) is 53.3 cm³/mol. The Bertz CT molecular complexity index is 261. The molecule has 0 amide bonds. The van der Waals surface area contributed by atoms with Crippen LogP contribution in [-0.4, -0.2) is 23.8 Å². The van der Waals surface area contributed by atoms with Crippen molar-refractivity contribution in [2.24, 2.45) is 0 Å². The van der Waals surface area contributed by atoms with Crippen molar-refractivity contribution in [3.05, 3.63) is 24.2 Å². The average Bonchev–Trinajstić information content (AvgIpc) is 2.66. The molecule has 72 valence electrons. The highest BCUT2D eigenvalue weighted by Gasteiger charge is 2.09. The first-order valence-electron chi connectivity index (χ1n) is 3.91. The number of nitrogens with one attached hydrogen (secondary N) is 2. The number of hydrogen-bond donors (Lipinski definition) is 3. The molecule has 1 rings (SSSR count). The molecule has 5 heteroatoms. The number of rotatable bonds is 3. The molecule has 0 aromatic carbocycles. The van der Waals surface area contributed by atoms with Gasteiger partial charge in [0.05, 0.1) is 12.8 Å². The molecule has 0 spiro atoms. The van der Waals surface area contributed by atoms with E-state index in [1.807, 2.05) is 0 Å². The molecule has 0 fully saturated rings. The van der Waals surface area contributed by atoms with E-state index in [1.54, 1.807) is 19.2 Å². The molecule has 1 aromatic rings. The largest absolute Gasteiger partial charge is 0.467 e. The smallest absolute Gasteiger partial charge is 0.166 e. The van der Waals surface area contributed by atoms with Crippen LogP contribution in [0.5, 0.6) is 0 Å².